The van der Waals surface area contributed by atoms with Crippen molar-refractivity contribution < 1.29 is 9.90 Å². The van der Waals surface area contributed by atoms with Gasteiger partial charge in [-0.2, -0.15) is 0 Å². The smallest absolute Gasteiger partial charge is 0.135 e. The first-order chi connectivity index (χ1) is 15.4. The van der Waals surface area contributed by atoms with Gasteiger partial charge in [-0.15, -0.1) is 0 Å². The lowest BCUT2D eigenvalue weighted by Crippen LogP contribution is -2.58. The van der Waals surface area contributed by atoms with Gasteiger partial charge in [0.15, 0.2) is 0 Å². The van der Waals surface area contributed by atoms with E-state index in [2.05, 4.69) is 61.8 Å². The Kier molecular flexibility index (Phi) is 7.24. The largest absolute Gasteiger partial charge is 0.387 e. The molecule has 4 rings (SSSR count). The molecule has 1 aliphatic heterocycles. The van der Waals surface area contributed by atoms with E-state index in [1.54, 1.807) is 6.33 Å². The van der Waals surface area contributed by atoms with Crippen molar-refractivity contribution in [1.82, 2.24) is 20.2 Å². The average molecular weight is 502 g/mol. The van der Waals surface area contributed by atoms with Crippen molar-refractivity contribution in [1.29, 1.82) is 0 Å². The molecule has 2 unspecified atom stereocenters. The van der Waals surface area contributed by atoms with E-state index in [0.717, 1.165) is 59.6 Å². The van der Waals surface area contributed by atoms with Crippen molar-refractivity contribution in [3.05, 3.63) is 51.9 Å². The molecule has 0 saturated carbocycles. The van der Waals surface area contributed by atoms with Gasteiger partial charge in [-0.1, -0.05) is 35.0 Å². The molecule has 4 atom stereocenters. The summed E-state index contributed by atoms with van der Waals surface area (Å²) in [5.74, 6) is 0.948. The number of hydrogen-bond acceptors (Lipinski definition) is 7. The third kappa shape index (κ3) is 4.73. The lowest BCUT2D eigenvalue weighted by molar-refractivity contribution is -0.111. The fourth-order valence-corrected chi connectivity index (χ4v) is 5.23. The number of aliphatic hydroxyl groups is 1. The number of anilines is 1. The number of aldehydes is 1. The number of aliphatic hydroxyl groups excluding tert-OH is 1. The summed E-state index contributed by atoms with van der Waals surface area (Å²) < 4.78 is 1.00. The first-order valence-corrected chi connectivity index (χ1v) is 12.2. The van der Waals surface area contributed by atoms with Crippen molar-refractivity contribution in [3.8, 4) is 0 Å². The third-order valence-electron chi connectivity index (χ3n) is 6.53. The van der Waals surface area contributed by atoms with Gasteiger partial charge in [-0.05, 0) is 43.9 Å². The fraction of sp³-hybridized carbons (Fsp3) is 0.542. The van der Waals surface area contributed by atoms with Crippen molar-refractivity contribution in [3.63, 3.8) is 0 Å². The van der Waals surface area contributed by atoms with Crippen LogP contribution in [0, 0.1) is 0 Å². The summed E-state index contributed by atoms with van der Waals surface area (Å²) in [6.45, 7) is 9.63. The molecule has 1 saturated heterocycles. The van der Waals surface area contributed by atoms with Crippen LogP contribution in [0.25, 0.3) is 0 Å². The highest BCUT2D eigenvalue weighted by Gasteiger charge is 2.35. The van der Waals surface area contributed by atoms with Crippen LogP contribution < -0.4 is 10.2 Å². The highest BCUT2D eigenvalue weighted by atomic mass is 79.9. The molecular weight excluding hydrogens is 470 g/mol. The molecule has 0 spiro atoms. The number of hydrogen-bond donors (Lipinski definition) is 2. The van der Waals surface area contributed by atoms with Gasteiger partial charge < -0.3 is 14.8 Å². The maximum absolute atomic E-state index is 12.2. The number of carbonyl (C=O) groups excluding carboxylic acids is 1. The molecule has 2 aromatic rings. The Labute approximate surface area is 198 Å². The van der Waals surface area contributed by atoms with Gasteiger partial charge >= 0.3 is 0 Å². The van der Waals surface area contributed by atoms with Crippen LogP contribution in [0.15, 0.2) is 35.1 Å². The van der Waals surface area contributed by atoms with E-state index in [9.17, 15) is 9.90 Å². The van der Waals surface area contributed by atoms with E-state index >= 15 is 0 Å². The van der Waals surface area contributed by atoms with Crippen LogP contribution in [0.1, 0.15) is 62.0 Å². The number of nitrogens with zero attached hydrogens (tertiary/aromatic N) is 4. The molecule has 2 N–H and O–H groups in total. The lowest BCUT2D eigenvalue weighted by Gasteiger charge is -2.43. The van der Waals surface area contributed by atoms with E-state index in [0.29, 0.717) is 6.42 Å². The summed E-state index contributed by atoms with van der Waals surface area (Å²) in [6, 6.07) is 8.27. The van der Waals surface area contributed by atoms with Crippen LogP contribution in [-0.4, -0.2) is 64.6 Å². The predicted molar refractivity (Wildman–Crippen MR) is 129 cm³/mol. The number of nitrogens with one attached hydrogen (secondary N) is 1. The number of carbonyl (C=O) groups is 1. The Bertz CT molecular complexity index is 930. The predicted octanol–water partition coefficient (Wildman–Crippen LogP) is 3.21. The summed E-state index contributed by atoms with van der Waals surface area (Å²) >= 11 is 3.48. The molecule has 2 aliphatic rings. The van der Waals surface area contributed by atoms with Gasteiger partial charge in [0.05, 0.1) is 23.9 Å². The van der Waals surface area contributed by atoms with Crippen LogP contribution >= 0.6 is 15.9 Å². The van der Waals surface area contributed by atoms with Crippen LogP contribution in [0.4, 0.5) is 5.82 Å². The second-order valence-corrected chi connectivity index (χ2v) is 10.1. The van der Waals surface area contributed by atoms with Crippen LogP contribution in [0.5, 0.6) is 0 Å². The SMILES string of the molecule is CC(C)NC(C(C=O)c1ccc(Br)cc1)N1CCN(c2ncnc3c2[C@H](C)C[C@H]3O)CC1. The first kappa shape index (κ1) is 23.3. The standard InChI is InChI=1S/C24H32BrN5O2/c1-15(2)28-23(19(13-31)17-4-6-18(25)7-5-17)29-8-10-30(11-9-29)24-21-16(3)12-20(32)22(21)26-14-27-24/h4-7,13-16,19-20,23,28,32H,8-12H2,1-3H3/t16-,19?,20-,23?/m1/s1. The van der Waals surface area contributed by atoms with Crippen molar-refractivity contribution in [2.24, 2.45) is 0 Å². The second kappa shape index (κ2) is 9.95. The normalized spacial score (nSPS) is 23.2. The van der Waals surface area contributed by atoms with Crippen LogP contribution in [-0.2, 0) is 4.79 Å². The molecular formula is C24H32BrN5O2. The van der Waals surface area contributed by atoms with Crippen molar-refractivity contribution in [2.75, 3.05) is 31.1 Å². The quantitative estimate of drug-likeness (QED) is 0.563. The third-order valence-corrected chi connectivity index (χ3v) is 7.06. The van der Waals surface area contributed by atoms with Gasteiger partial charge in [0.25, 0.3) is 0 Å². The molecule has 0 amide bonds. The van der Waals surface area contributed by atoms with Gasteiger partial charge in [0.2, 0.25) is 0 Å². The summed E-state index contributed by atoms with van der Waals surface area (Å²) in [5, 5.41) is 14.0. The number of aromatic nitrogens is 2. The monoisotopic (exact) mass is 501 g/mol. The van der Waals surface area contributed by atoms with Gasteiger partial charge in [0.1, 0.15) is 18.4 Å². The fourth-order valence-electron chi connectivity index (χ4n) is 4.96. The number of halogens is 1. The Morgan fingerprint density at radius 2 is 1.84 bits per heavy atom. The maximum atomic E-state index is 12.2. The Hall–Kier alpha value is -1.87. The maximum Gasteiger partial charge on any atom is 0.135 e. The Balaban J connectivity index is 1.52. The summed E-state index contributed by atoms with van der Waals surface area (Å²) in [4.78, 5) is 25.8. The van der Waals surface area contributed by atoms with Gasteiger partial charge in [-0.3, -0.25) is 10.2 Å². The molecule has 8 heteroatoms. The molecule has 1 aromatic carbocycles. The van der Waals surface area contributed by atoms with E-state index in [4.69, 9.17) is 0 Å². The summed E-state index contributed by atoms with van der Waals surface area (Å²) in [6.07, 6.45) is 2.77. The zero-order valence-electron chi connectivity index (χ0n) is 18.9. The molecule has 0 bridgehead atoms. The minimum Gasteiger partial charge on any atom is -0.387 e. The van der Waals surface area contributed by atoms with E-state index in [1.165, 1.54) is 0 Å². The van der Waals surface area contributed by atoms with E-state index < -0.39 is 6.10 Å². The van der Waals surface area contributed by atoms with E-state index in [1.807, 2.05) is 24.3 Å². The minimum atomic E-state index is -0.498. The molecule has 1 aromatic heterocycles. The minimum absolute atomic E-state index is 0.0762. The van der Waals surface area contributed by atoms with Gasteiger partial charge in [0, 0.05) is 42.3 Å². The van der Waals surface area contributed by atoms with Crippen molar-refractivity contribution in [2.45, 2.75) is 57.3 Å². The molecule has 1 fully saturated rings. The molecule has 0 radical (unpaired) electrons. The molecule has 2 heterocycles. The highest BCUT2D eigenvalue weighted by molar-refractivity contribution is 9.10. The van der Waals surface area contributed by atoms with Crippen LogP contribution in [0.3, 0.4) is 0 Å². The zero-order chi connectivity index (χ0) is 22.8. The zero-order valence-corrected chi connectivity index (χ0v) is 20.5. The number of benzene rings is 1. The molecule has 172 valence electrons. The number of rotatable bonds is 7. The molecule has 32 heavy (non-hydrogen) atoms. The lowest BCUT2D eigenvalue weighted by atomic mass is 9.95. The molecule has 7 nitrogen and oxygen atoms in total. The topological polar surface area (TPSA) is 81.6 Å². The second-order valence-electron chi connectivity index (χ2n) is 9.15. The van der Waals surface area contributed by atoms with Crippen LogP contribution in [0.2, 0.25) is 0 Å². The highest BCUT2D eigenvalue weighted by Crippen LogP contribution is 2.42. The average Bonchev–Trinajstić information content (AvgIpc) is 3.08. The number of fused-ring (bicyclic) bond motifs is 1. The summed E-state index contributed by atoms with van der Waals surface area (Å²) in [5.41, 5.74) is 2.88. The van der Waals surface area contributed by atoms with Gasteiger partial charge in [-0.25, -0.2) is 9.97 Å². The first-order valence-electron chi connectivity index (χ1n) is 11.4. The van der Waals surface area contributed by atoms with E-state index in [-0.39, 0.29) is 24.0 Å². The molecule has 1 aliphatic carbocycles. The number of piperazine rings is 1. The van der Waals surface area contributed by atoms with Crippen molar-refractivity contribution >= 4 is 28.0 Å². The Morgan fingerprint density at radius 1 is 1.16 bits per heavy atom. The summed E-state index contributed by atoms with van der Waals surface area (Å²) in [7, 11) is 0. The Morgan fingerprint density at radius 3 is 2.47 bits per heavy atom.